The number of hydrogen-bond acceptors (Lipinski definition) is 3. The van der Waals surface area contributed by atoms with Crippen molar-refractivity contribution in [3.63, 3.8) is 0 Å². The van der Waals surface area contributed by atoms with Crippen LogP contribution in [0.1, 0.15) is 39.0 Å². The summed E-state index contributed by atoms with van der Waals surface area (Å²) in [5, 5.41) is 18.6. The molecule has 3 unspecified atom stereocenters. The van der Waals surface area contributed by atoms with E-state index in [4.69, 9.17) is 10.8 Å². The van der Waals surface area contributed by atoms with Crippen molar-refractivity contribution in [3.05, 3.63) is 0 Å². The van der Waals surface area contributed by atoms with Crippen LogP contribution in [-0.2, 0) is 4.79 Å². The molecule has 4 heteroatoms. The molecule has 0 aromatic heterocycles. The quantitative estimate of drug-likeness (QED) is 0.628. The van der Waals surface area contributed by atoms with E-state index in [1.165, 1.54) is 0 Å². The molecule has 0 saturated heterocycles. The van der Waals surface area contributed by atoms with Gasteiger partial charge in [0.25, 0.3) is 0 Å². The lowest BCUT2D eigenvalue weighted by Gasteiger charge is -2.37. The van der Waals surface area contributed by atoms with Crippen molar-refractivity contribution in [3.8, 4) is 0 Å². The van der Waals surface area contributed by atoms with Crippen molar-refractivity contribution in [2.24, 2.45) is 11.7 Å². The second-order valence-corrected chi connectivity index (χ2v) is 4.32. The summed E-state index contributed by atoms with van der Waals surface area (Å²) in [6.07, 6.45) is 2.81. The molecule has 0 radical (unpaired) electrons. The van der Waals surface area contributed by atoms with E-state index in [-0.39, 0.29) is 12.3 Å². The minimum absolute atomic E-state index is 0.188. The number of carboxylic acids is 1. The van der Waals surface area contributed by atoms with Gasteiger partial charge in [-0.1, -0.05) is 13.3 Å². The van der Waals surface area contributed by atoms with Crippen LogP contribution in [0, 0.1) is 5.92 Å². The Bertz CT molecular complexity index is 219. The lowest BCUT2D eigenvalue weighted by Crippen LogP contribution is -2.54. The highest BCUT2D eigenvalue weighted by Gasteiger charge is 2.42. The van der Waals surface area contributed by atoms with Crippen molar-refractivity contribution in [1.29, 1.82) is 0 Å². The van der Waals surface area contributed by atoms with Crippen LogP contribution in [0.5, 0.6) is 0 Å². The monoisotopic (exact) mass is 201 g/mol. The molecule has 1 fully saturated rings. The Labute approximate surface area is 84.1 Å². The molecule has 4 N–H and O–H groups in total. The molecule has 1 rings (SSSR count). The highest BCUT2D eigenvalue weighted by molar-refractivity contribution is 5.78. The number of carbonyl (C=O) groups is 1. The fraction of sp³-hybridized carbons (Fsp3) is 0.900. The van der Waals surface area contributed by atoms with E-state index >= 15 is 0 Å². The van der Waals surface area contributed by atoms with Gasteiger partial charge in [0.1, 0.15) is 5.54 Å². The van der Waals surface area contributed by atoms with Gasteiger partial charge in [0.2, 0.25) is 0 Å². The first-order valence-electron chi connectivity index (χ1n) is 5.20. The fourth-order valence-electron chi connectivity index (χ4n) is 2.18. The summed E-state index contributed by atoms with van der Waals surface area (Å²) in [4.78, 5) is 10.9. The van der Waals surface area contributed by atoms with Crippen molar-refractivity contribution in [2.45, 2.75) is 50.7 Å². The van der Waals surface area contributed by atoms with Crippen LogP contribution in [0.2, 0.25) is 0 Å². The zero-order valence-electron chi connectivity index (χ0n) is 8.57. The van der Waals surface area contributed by atoms with Gasteiger partial charge in [-0.05, 0) is 25.2 Å². The first-order chi connectivity index (χ1) is 6.49. The molecule has 0 amide bonds. The highest BCUT2D eigenvalue weighted by atomic mass is 16.4. The summed E-state index contributed by atoms with van der Waals surface area (Å²) in [7, 11) is 0. The van der Waals surface area contributed by atoms with E-state index < -0.39 is 17.6 Å². The third-order valence-corrected chi connectivity index (χ3v) is 3.16. The first-order valence-corrected chi connectivity index (χ1v) is 5.20. The molecule has 4 nitrogen and oxygen atoms in total. The standard InChI is InChI=1S/C10H19NO3/c1-2-3-7-4-5-10(11,9(13)14)6-8(7)12/h7-8,12H,2-6,11H2,1H3,(H,13,14). The normalized spacial score (nSPS) is 38.2. The second kappa shape index (κ2) is 4.28. The van der Waals surface area contributed by atoms with Gasteiger partial charge in [0, 0.05) is 6.42 Å². The fourth-order valence-corrected chi connectivity index (χ4v) is 2.18. The minimum Gasteiger partial charge on any atom is -0.480 e. The predicted octanol–water partition coefficient (Wildman–Crippen LogP) is 0.730. The van der Waals surface area contributed by atoms with Gasteiger partial charge < -0.3 is 15.9 Å². The number of aliphatic carboxylic acids is 1. The molecule has 14 heavy (non-hydrogen) atoms. The molecule has 1 aliphatic rings. The van der Waals surface area contributed by atoms with Gasteiger partial charge in [-0.3, -0.25) is 4.79 Å². The van der Waals surface area contributed by atoms with Crippen LogP contribution in [0.15, 0.2) is 0 Å². The number of nitrogens with two attached hydrogens (primary N) is 1. The highest BCUT2D eigenvalue weighted by Crippen LogP contribution is 2.33. The van der Waals surface area contributed by atoms with E-state index in [9.17, 15) is 9.90 Å². The average molecular weight is 201 g/mol. The number of aliphatic hydroxyl groups is 1. The van der Waals surface area contributed by atoms with Gasteiger partial charge in [-0.15, -0.1) is 0 Å². The molecule has 0 aliphatic heterocycles. The number of hydrogen-bond donors (Lipinski definition) is 3. The summed E-state index contributed by atoms with van der Waals surface area (Å²) in [5.74, 6) is -0.762. The Kier molecular flexibility index (Phi) is 3.50. The Morgan fingerprint density at radius 2 is 2.29 bits per heavy atom. The Balaban J connectivity index is 2.58. The maximum Gasteiger partial charge on any atom is 0.323 e. The lowest BCUT2D eigenvalue weighted by atomic mass is 9.74. The van der Waals surface area contributed by atoms with Crippen molar-refractivity contribution >= 4 is 5.97 Å². The average Bonchev–Trinajstić information content (AvgIpc) is 2.10. The molecule has 82 valence electrons. The molecule has 0 aromatic carbocycles. The topological polar surface area (TPSA) is 83.6 Å². The maximum absolute atomic E-state index is 10.9. The van der Waals surface area contributed by atoms with E-state index in [0.29, 0.717) is 6.42 Å². The van der Waals surface area contributed by atoms with Crippen molar-refractivity contribution < 1.29 is 15.0 Å². The van der Waals surface area contributed by atoms with Crippen molar-refractivity contribution in [1.82, 2.24) is 0 Å². The van der Waals surface area contributed by atoms with E-state index in [2.05, 4.69) is 6.92 Å². The second-order valence-electron chi connectivity index (χ2n) is 4.32. The Morgan fingerprint density at radius 1 is 1.64 bits per heavy atom. The molecular formula is C10H19NO3. The summed E-state index contributed by atoms with van der Waals surface area (Å²) >= 11 is 0. The molecule has 0 heterocycles. The Hall–Kier alpha value is -0.610. The maximum atomic E-state index is 10.9. The summed E-state index contributed by atoms with van der Waals surface area (Å²) < 4.78 is 0. The predicted molar refractivity (Wildman–Crippen MR) is 52.8 cm³/mol. The van der Waals surface area contributed by atoms with Gasteiger partial charge in [0.15, 0.2) is 0 Å². The number of carboxylic acid groups (broad SMARTS) is 1. The summed E-state index contributed by atoms with van der Waals surface area (Å²) in [6, 6.07) is 0. The number of rotatable bonds is 3. The number of aliphatic hydroxyl groups excluding tert-OH is 1. The minimum atomic E-state index is -1.20. The van der Waals surface area contributed by atoms with E-state index in [0.717, 1.165) is 19.3 Å². The van der Waals surface area contributed by atoms with Crippen LogP contribution in [0.4, 0.5) is 0 Å². The van der Waals surface area contributed by atoms with Crippen LogP contribution in [-0.4, -0.2) is 27.8 Å². The van der Waals surface area contributed by atoms with Gasteiger partial charge >= 0.3 is 5.97 Å². The van der Waals surface area contributed by atoms with E-state index in [1.54, 1.807) is 0 Å². The van der Waals surface area contributed by atoms with Crippen LogP contribution in [0.25, 0.3) is 0 Å². The molecular weight excluding hydrogens is 182 g/mol. The zero-order chi connectivity index (χ0) is 10.8. The molecule has 3 atom stereocenters. The van der Waals surface area contributed by atoms with Gasteiger partial charge in [-0.2, -0.15) is 0 Å². The van der Waals surface area contributed by atoms with Crippen LogP contribution >= 0.6 is 0 Å². The SMILES string of the molecule is CCCC1CCC(N)(C(=O)O)CC1O. The zero-order valence-corrected chi connectivity index (χ0v) is 8.57. The molecule has 0 aromatic rings. The summed E-state index contributed by atoms with van der Waals surface area (Å²) in [6.45, 7) is 2.06. The Morgan fingerprint density at radius 3 is 2.71 bits per heavy atom. The van der Waals surface area contributed by atoms with Gasteiger partial charge in [0.05, 0.1) is 6.10 Å². The first kappa shape index (κ1) is 11.5. The molecule has 0 bridgehead atoms. The van der Waals surface area contributed by atoms with Crippen LogP contribution in [0.3, 0.4) is 0 Å². The summed E-state index contributed by atoms with van der Waals surface area (Å²) in [5.41, 5.74) is 4.49. The van der Waals surface area contributed by atoms with E-state index in [1.807, 2.05) is 0 Å². The molecule has 0 spiro atoms. The third-order valence-electron chi connectivity index (χ3n) is 3.16. The van der Waals surface area contributed by atoms with Crippen molar-refractivity contribution in [2.75, 3.05) is 0 Å². The van der Waals surface area contributed by atoms with Crippen LogP contribution < -0.4 is 5.73 Å². The third kappa shape index (κ3) is 2.25. The lowest BCUT2D eigenvalue weighted by molar-refractivity contribution is -0.147. The molecule has 1 saturated carbocycles. The largest absolute Gasteiger partial charge is 0.480 e. The van der Waals surface area contributed by atoms with Gasteiger partial charge in [-0.25, -0.2) is 0 Å². The smallest absolute Gasteiger partial charge is 0.323 e. The molecule has 1 aliphatic carbocycles.